The number of hydrogen-bond acceptors (Lipinski definition) is 1. The molecule has 1 aromatic rings. The first-order chi connectivity index (χ1) is 9.01. The molecule has 106 valence electrons. The van der Waals surface area contributed by atoms with E-state index < -0.39 is 8.07 Å². The lowest BCUT2D eigenvalue weighted by atomic mass is 10.1. The average molecular weight is 293 g/mol. The number of benzene rings is 1. The van der Waals surface area contributed by atoms with Crippen molar-refractivity contribution < 1.29 is 0 Å². The highest BCUT2D eigenvalue weighted by Crippen LogP contribution is 2.31. The molecule has 0 bridgehead atoms. The molecule has 19 heavy (non-hydrogen) atoms. The summed E-state index contributed by atoms with van der Waals surface area (Å²) >= 11 is 1.97. The zero-order valence-electron chi connectivity index (χ0n) is 12.9. The topological polar surface area (TPSA) is 0 Å². The van der Waals surface area contributed by atoms with E-state index in [0.717, 1.165) is 0 Å². The quantitative estimate of drug-likeness (QED) is 0.299. The first kappa shape index (κ1) is 16.6. The van der Waals surface area contributed by atoms with Crippen molar-refractivity contribution >= 4 is 19.8 Å². The fraction of sp³-hybridized carbons (Fsp3) is 0.529. The molecule has 0 amide bonds. The highest BCUT2D eigenvalue weighted by molar-refractivity contribution is 8.03. The van der Waals surface area contributed by atoms with Gasteiger partial charge in [-0.05, 0) is 29.9 Å². The van der Waals surface area contributed by atoms with E-state index in [1.165, 1.54) is 37.0 Å². The van der Waals surface area contributed by atoms with Crippen LogP contribution < -0.4 is 0 Å². The van der Waals surface area contributed by atoms with Crippen LogP contribution in [0, 0.1) is 0 Å². The minimum atomic E-state index is -1.13. The second kappa shape index (κ2) is 8.65. The van der Waals surface area contributed by atoms with E-state index in [2.05, 4.69) is 62.6 Å². The monoisotopic (exact) mass is 292 g/mol. The van der Waals surface area contributed by atoms with Gasteiger partial charge in [-0.15, -0.1) is 0 Å². The van der Waals surface area contributed by atoms with Gasteiger partial charge < -0.3 is 0 Å². The van der Waals surface area contributed by atoms with Gasteiger partial charge >= 0.3 is 0 Å². The predicted octanol–water partition coefficient (Wildman–Crippen LogP) is 6.51. The Morgan fingerprint density at radius 2 is 1.74 bits per heavy atom. The summed E-state index contributed by atoms with van der Waals surface area (Å²) in [5.41, 5.74) is 2.58. The van der Waals surface area contributed by atoms with Gasteiger partial charge in [-0.25, -0.2) is 0 Å². The smallest absolute Gasteiger partial charge is 0.0697 e. The van der Waals surface area contributed by atoms with E-state index in [4.69, 9.17) is 0 Å². The summed E-state index contributed by atoms with van der Waals surface area (Å²) in [6, 6.07) is 10.8. The molecule has 0 spiro atoms. The van der Waals surface area contributed by atoms with Gasteiger partial charge in [0.05, 0.1) is 8.07 Å². The van der Waals surface area contributed by atoms with Crippen LogP contribution in [-0.4, -0.2) is 8.07 Å². The van der Waals surface area contributed by atoms with E-state index in [9.17, 15) is 0 Å². The van der Waals surface area contributed by atoms with Crippen LogP contribution in [0.25, 0.3) is 0 Å². The molecule has 0 aliphatic rings. The van der Waals surface area contributed by atoms with Crippen molar-refractivity contribution in [2.24, 2.45) is 0 Å². The van der Waals surface area contributed by atoms with E-state index in [1.54, 1.807) is 4.91 Å². The maximum absolute atomic E-state index is 2.58. The van der Waals surface area contributed by atoms with Crippen molar-refractivity contribution in [2.75, 3.05) is 0 Å². The van der Waals surface area contributed by atoms with Crippen molar-refractivity contribution in [3.8, 4) is 0 Å². The lowest BCUT2D eigenvalue weighted by molar-refractivity contribution is 0.672. The highest BCUT2D eigenvalue weighted by Gasteiger charge is 2.12. The SMILES string of the molecule is CCCCCC/C(=C/[Si](C)(C)C)Sc1ccccc1. The number of rotatable bonds is 8. The normalized spacial score (nSPS) is 12.7. The standard InChI is InChI=1S/C17H28SSi/c1-5-6-7-9-14-17(15-19(2,3)4)18-16-12-10-8-11-13-16/h8,10-13,15H,5-7,9,14H2,1-4H3/b17-15-. The van der Waals surface area contributed by atoms with Gasteiger partial charge in [0.1, 0.15) is 0 Å². The number of hydrogen-bond donors (Lipinski definition) is 0. The second-order valence-electron chi connectivity index (χ2n) is 6.20. The van der Waals surface area contributed by atoms with Crippen molar-refractivity contribution in [3.05, 3.63) is 40.9 Å². The van der Waals surface area contributed by atoms with Gasteiger partial charge in [-0.1, -0.05) is 81.5 Å². The molecular formula is C17H28SSi. The van der Waals surface area contributed by atoms with Gasteiger partial charge in [0.15, 0.2) is 0 Å². The number of thioether (sulfide) groups is 1. The van der Waals surface area contributed by atoms with Crippen LogP contribution in [0.15, 0.2) is 45.8 Å². The molecule has 0 saturated heterocycles. The molecular weight excluding hydrogens is 264 g/mol. The third-order valence-corrected chi connectivity index (χ3v) is 5.38. The zero-order chi connectivity index (χ0) is 14.1. The lowest BCUT2D eigenvalue weighted by Gasteiger charge is -2.14. The van der Waals surface area contributed by atoms with Crippen molar-refractivity contribution in [2.45, 2.75) is 63.6 Å². The van der Waals surface area contributed by atoms with Gasteiger partial charge in [-0.3, -0.25) is 0 Å². The van der Waals surface area contributed by atoms with Crippen LogP contribution in [0.3, 0.4) is 0 Å². The molecule has 0 nitrogen and oxygen atoms in total. The molecule has 0 saturated carbocycles. The Balaban J connectivity index is 2.62. The Labute approximate surface area is 124 Å². The van der Waals surface area contributed by atoms with Gasteiger partial charge in [0.2, 0.25) is 0 Å². The molecule has 0 aliphatic heterocycles. The van der Waals surface area contributed by atoms with Gasteiger partial charge in [0.25, 0.3) is 0 Å². The van der Waals surface area contributed by atoms with Crippen LogP contribution in [-0.2, 0) is 0 Å². The summed E-state index contributed by atoms with van der Waals surface area (Å²) in [4.78, 5) is 2.96. The van der Waals surface area contributed by atoms with Crippen molar-refractivity contribution in [3.63, 3.8) is 0 Å². The Bertz CT molecular complexity index is 376. The molecule has 2 heteroatoms. The van der Waals surface area contributed by atoms with Crippen LogP contribution in [0.1, 0.15) is 39.0 Å². The summed E-state index contributed by atoms with van der Waals surface area (Å²) in [6.45, 7) is 9.54. The summed E-state index contributed by atoms with van der Waals surface area (Å²) in [7, 11) is -1.13. The van der Waals surface area contributed by atoms with Crippen LogP contribution >= 0.6 is 11.8 Å². The molecule has 0 radical (unpaired) electrons. The van der Waals surface area contributed by atoms with E-state index in [0.29, 0.717) is 0 Å². The summed E-state index contributed by atoms with van der Waals surface area (Å²) < 4.78 is 0. The largest absolute Gasteiger partial charge is 0.0953 e. The fourth-order valence-electron chi connectivity index (χ4n) is 2.00. The molecule has 0 aliphatic carbocycles. The maximum atomic E-state index is 2.58. The number of unbranched alkanes of at least 4 members (excludes halogenated alkanes) is 3. The fourth-order valence-corrected chi connectivity index (χ4v) is 5.25. The minimum Gasteiger partial charge on any atom is -0.0953 e. The number of allylic oxidation sites excluding steroid dienone is 1. The van der Waals surface area contributed by atoms with Crippen molar-refractivity contribution in [1.82, 2.24) is 0 Å². The van der Waals surface area contributed by atoms with Crippen LogP contribution in [0.2, 0.25) is 19.6 Å². The molecule has 0 unspecified atom stereocenters. The van der Waals surface area contributed by atoms with Crippen molar-refractivity contribution in [1.29, 1.82) is 0 Å². The zero-order valence-corrected chi connectivity index (χ0v) is 14.7. The Morgan fingerprint density at radius 3 is 2.32 bits per heavy atom. The van der Waals surface area contributed by atoms with Crippen LogP contribution in [0.5, 0.6) is 0 Å². The molecule has 1 aromatic carbocycles. The van der Waals surface area contributed by atoms with E-state index >= 15 is 0 Å². The summed E-state index contributed by atoms with van der Waals surface area (Å²) in [5.74, 6) is 0. The Morgan fingerprint density at radius 1 is 1.05 bits per heavy atom. The summed E-state index contributed by atoms with van der Waals surface area (Å²) in [5, 5.41) is 0. The minimum absolute atomic E-state index is 1.13. The Kier molecular flexibility index (Phi) is 7.55. The third-order valence-electron chi connectivity index (χ3n) is 2.86. The first-order valence-corrected chi connectivity index (χ1v) is 11.9. The molecule has 1 rings (SSSR count). The summed E-state index contributed by atoms with van der Waals surface area (Å²) in [6.07, 6.45) is 6.65. The molecule has 0 N–H and O–H groups in total. The molecule has 0 aromatic heterocycles. The average Bonchev–Trinajstić information content (AvgIpc) is 2.34. The molecule has 0 fully saturated rings. The van der Waals surface area contributed by atoms with Gasteiger partial charge in [-0.2, -0.15) is 0 Å². The first-order valence-electron chi connectivity index (χ1n) is 7.46. The van der Waals surface area contributed by atoms with E-state index in [-0.39, 0.29) is 0 Å². The highest BCUT2D eigenvalue weighted by atomic mass is 32.2. The Hall–Kier alpha value is -0.473. The lowest BCUT2D eigenvalue weighted by Crippen LogP contribution is -2.16. The van der Waals surface area contributed by atoms with Gasteiger partial charge in [0, 0.05) is 4.90 Å². The molecule has 0 heterocycles. The predicted molar refractivity (Wildman–Crippen MR) is 92.5 cm³/mol. The van der Waals surface area contributed by atoms with Crippen LogP contribution in [0.4, 0.5) is 0 Å². The second-order valence-corrected chi connectivity index (χ2v) is 12.4. The third kappa shape index (κ3) is 8.33. The molecule has 0 atom stereocenters. The van der Waals surface area contributed by atoms with E-state index in [1.807, 2.05) is 11.8 Å². The maximum Gasteiger partial charge on any atom is 0.0697 e.